The Balaban J connectivity index is 2.40. The first-order valence-electron chi connectivity index (χ1n) is 6.38. The van der Waals surface area contributed by atoms with Crippen LogP contribution in [0.4, 0.5) is 0 Å². The molecule has 1 heteroatoms. The summed E-state index contributed by atoms with van der Waals surface area (Å²) in [5.41, 5.74) is 13.9. The lowest BCUT2D eigenvalue weighted by molar-refractivity contribution is 0.865. The van der Waals surface area contributed by atoms with Crippen LogP contribution < -0.4 is 5.73 Å². The molecule has 1 nitrogen and oxygen atoms in total. The molecule has 2 aromatic carbocycles. The number of aryl methyl sites for hydroxylation is 4. The van der Waals surface area contributed by atoms with Crippen molar-refractivity contribution >= 4 is 0 Å². The zero-order valence-electron chi connectivity index (χ0n) is 11.6. The van der Waals surface area contributed by atoms with Crippen molar-refractivity contribution in [3.63, 3.8) is 0 Å². The van der Waals surface area contributed by atoms with Crippen LogP contribution in [-0.4, -0.2) is 0 Å². The predicted molar refractivity (Wildman–Crippen MR) is 77.9 cm³/mol. The smallest absolute Gasteiger partial charge is 0.0551 e. The highest BCUT2D eigenvalue weighted by molar-refractivity contribution is 5.39. The van der Waals surface area contributed by atoms with Crippen LogP contribution in [0.5, 0.6) is 0 Å². The fraction of sp³-hybridized carbons (Fsp3) is 0.294. The molecule has 0 radical (unpaired) electrons. The Bertz CT molecular complexity index is 550. The molecule has 0 fully saturated rings. The van der Waals surface area contributed by atoms with Gasteiger partial charge in [0.2, 0.25) is 0 Å². The van der Waals surface area contributed by atoms with E-state index in [2.05, 4.69) is 64.1 Å². The SMILES string of the molecule is Cc1cc(C)cc(C(N)c2ccc(C)c(C)c2)c1. The minimum Gasteiger partial charge on any atom is -0.320 e. The van der Waals surface area contributed by atoms with Crippen molar-refractivity contribution in [1.82, 2.24) is 0 Å². The third-order valence-electron chi connectivity index (χ3n) is 3.49. The van der Waals surface area contributed by atoms with Crippen molar-refractivity contribution in [3.8, 4) is 0 Å². The molecule has 0 aliphatic heterocycles. The first kappa shape index (κ1) is 12.8. The molecule has 0 aliphatic carbocycles. The highest BCUT2D eigenvalue weighted by Crippen LogP contribution is 2.23. The van der Waals surface area contributed by atoms with Crippen molar-refractivity contribution in [3.05, 3.63) is 69.8 Å². The largest absolute Gasteiger partial charge is 0.320 e. The van der Waals surface area contributed by atoms with Crippen LogP contribution in [0.1, 0.15) is 39.4 Å². The van der Waals surface area contributed by atoms with E-state index < -0.39 is 0 Å². The third-order valence-corrected chi connectivity index (χ3v) is 3.49. The van der Waals surface area contributed by atoms with E-state index in [0.29, 0.717) is 0 Å². The van der Waals surface area contributed by atoms with Crippen molar-refractivity contribution in [2.45, 2.75) is 33.7 Å². The van der Waals surface area contributed by atoms with Crippen LogP contribution in [0.2, 0.25) is 0 Å². The number of rotatable bonds is 2. The van der Waals surface area contributed by atoms with Gasteiger partial charge in [-0.2, -0.15) is 0 Å². The van der Waals surface area contributed by atoms with Crippen molar-refractivity contribution in [2.75, 3.05) is 0 Å². The Kier molecular flexibility index (Phi) is 3.53. The maximum Gasteiger partial charge on any atom is 0.0551 e. The summed E-state index contributed by atoms with van der Waals surface area (Å²) in [6.45, 7) is 8.49. The van der Waals surface area contributed by atoms with Gasteiger partial charge in [-0.3, -0.25) is 0 Å². The van der Waals surface area contributed by atoms with Crippen LogP contribution in [0.15, 0.2) is 36.4 Å². The minimum atomic E-state index is -0.0390. The molecule has 0 aromatic heterocycles. The van der Waals surface area contributed by atoms with Crippen LogP contribution >= 0.6 is 0 Å². The fourth-order valence-corrected chi connectivity index (χ4v) is 2.34. The van der Waals surface area contributed by atoms with Gasteiger partial charge < -0.3 is 5.73 Å². The maximum absolute atomic E-state index is 6.37. The van der Waals surface area contributed by atoms with Crippen LogP contribution in [0.3, 0.4) is 0 Å². The molecule has 0 saturated heterocycles. The topological polar surface area (TPSA) is 26.0 Å². The summed E-state index contributed by atoms with van der Waals surface area (Å²) in [5, 5.41) is 0. The predicted octanol–water partition coefficient (Wildman–Crippen LogP) is 3.97. The molecule has 0 bridgehead atoms. The Labute approximate surface area is 110 Å². The molecular formula is C17H21N. The summed E-state index contributed by atoms with van der Waals surface area (Å²) in [6, 6.07) is 13.0. The Morgan fingerprint density at radius 3 is 1.89 bits per heavy atom. The number of nitrogens with two attached hydrogens (primary N) is 1. The van der Waals surface area contributed by atoms with Gasteiger partial charge in [0.05, 0.1) is 6.04 Å². The second-order valence-electron chi connectivity index (χ2n) is 5.24. The standard InChI is InChI=1S/C17H21N/c1-11-7-12(2)9-16(8-11)17(18)15-6-5-13(3)14(4)10-15/h5-10,17H,18H2,1-4H3. The zero-order chi connectivity index (χ0) is 13.3. The van der Waals surface area contributed by atoms with Crippen LogP contribution in [0.25, 0.3) is 0 Å². The van der Waals surface area contributed by atoms with Crippen LogP contribution in [-0.2, 0) is 0 Å². The second kappa shape index (κ2) is 4.95. The van der Waals surface area contributed by atoms with E-state index in [-0.39, 0.29) is 6.04 Å². The molecule has 1 unspecified atom stereocenters. The quantitative estimate of drug-likeness (QED) is 0.843. The Morgan fingerprint density at radius 1 is 0.722 bits per heavy atom. The lowest BCUT2D eigenvalue weighted by Crippen LogP contribution is -2.12. The molecular weight excluding hydrogens is 218 g/mol. The molecule has 0 heterocycles. The van der Waals surface area contributed by atoms with Crippen LogP contribution in [0, 0.1) is 27.7 Å². The molecule has 2 N–H and O–H groups in total. The van der Waals surface area contributed by atoms with E-state index in [0.717, 1.165) is 0 Å². The van der Waals surface area contributed by atoms with Gasteiger partial charge in [0.25, 0.3) is 0 Å². The van der Waals surface area contributed by atoms with Gasteiger partial charge in [-0.05, 0) is 49.9 Å². The Morgan fingerprint density at radius 2 is 1.33 bits per heavy atom. The molecule has 1 atom stereocenters. The summed E-state index contributed by atoms with van der Waals surface area (Å²) < 4.78 is 0. The lowest BCUT2D eigenvalue weighted by atomic mass is 9.94. The van der Waals surface area contributed by atoms with E-state index in [1.54, 1.807) is 0 Å². The van der Waals surface area contributed by atoms with E-state index in [4.69, 9.17) is 5.73 Å². The first-order valence-corrected chi connectivity index (χ1v) is 6.38. The third kappa shape index (κ3) is 2.62. The van der Waals surface area contributed by atoms with Gasteiger partial charge in [0.1, 0.15) is 0 Å². The Hall–Kier alpha value is -1.60. The lowest BCUT2D eigenvalue weighted by Gasteiger charge is -2.15. The zero-order valence-corrected chi connectivity index (χ0v) is 11.6. The maximum atomic E-state index is 6.37. The van der Waals surface area contributed by atoms with Gasteiger partial charge in [0.15, 0.2) is 0 Å². The number of hydrogen-bond acceptors (Lipinski definition) is 1. The summed E-state index contributed by atoms with van der Waals surface area (Å²) >= 11 is 0. The fourth-order valence-electron chi connectivity index (χ4n) is 2.34. The highest BCUT2D eigenvalue weighted by atomic mass is 14.6. The minimum absolute atomic E-state index is 0.0390. The second-order valence-corrected chi connectivity index (χ2v) is 5.24. The molecule has 0 amide bonds. The van der Waals surface area contributed by atoms with E-state index in [1.165, 1.54) is 33.4 Å². The summed E-state index contributed by atoms with van der Waals surface area (Å²) in [4.78, 5) is 0. The van der Waals surface area contributed by atoms with Gasteiger partial charge in [-0.25, -0.2) is 0 Å². The van der Waals surface area contributed by atoms with E-state index in [9.17, 15) is 0 Å². The van der Waals surface area contributed by atoms with Gasteiger partial charge >= 0.3 is 0 Å². The summed E-state index contributed by atoms with van der Waals surface area (Å²) in [7, 11) is 0. The number of benzene rings is 2. The van der Waals surface area contributed by atoms with Gasteiger partial charge in [0, 0.05) is 0 Å². The molecule has 2 aromatic rings. The van der Waals surface area contributed by atoms with E-state index >= 15 is 0 Å². The average Bonchev–Trinajstić information content (AvgIpc) is 2.30. The van der Waals surface area contributed by atoms with Crippen molar-refractivity contribution in [2.24, 2.45) is 5.73 Å². The van der Waals surface area contributed by atoms with Gasteiger partial charge in [-0.1, -0.05) is 47.5 Å². The normalized spacial score (nSPS) is 12.5. The summed E-state index contributed by atoms with van der Waals surface area (Å²) in [6.07, 6.45) is 0. The number of hydrogen-bond donors (Lipinski definition) is 1. The van der Waals surface area contributed by atoms with Gasteiger partial charge in [-0.15, -0.1) is 0 Å². The molecule has 0 spiro atoms. The van der Waals surface area contributed by atoms with Crippen molar-refractivity contribution < 1.29 is 0 Å². The summed E-state index contributed by atoms with van der Waals surface area (Å²) in [5.74, 6) is 0. The highest BCUT2D eigenvalue weighted by Gasteiger charge is 2.10. The monoisotopic (exact) mass is 239 g/mol. The first-order chi connectivity index (χ1) is 8.47. The van der Waals surface area contributed by atoms with E-state index in [1.807, 2.05) is 0 Å². The van der Waals surface area contributed by atoms with Crippen molar-refractivity contribution in [1.29, 1.82) is 0 Å². The molecule has 94 valence electrons. The molecule has 0 saturated carbocycles. The molecule has 0 aliphatic rings. The average molecular weight is 239 g/mol. The molecule has 18 heavy (non-hydrogen) atoms. The molecule has 2 rings (SSSR count).